The van der Waals surface area contributed by atoms with Crippen LogP contribution in [0.25, 0.3) is 11.5 Å². The summed E-state index contributed by atoms with van der Waals surface area (Å²) in [4.78, 5) is 21.8. The van der Waals surface area contributed by atoms with Crippen molar-refractivity contribution in [1.29, 1.82) is 0 Å². The van der Waals surface area contributed by atoms with Gasteiger partial charge in [-0.05, 0) is 18.6 Å². The highest BCUT2D eigenvalue weighted by Crippen LogP contribution is 2.21. The van der Waals surface area contributed by atoms with Crippen LogP contribution in [0.15, 0.2) is 24.5 Å². The Hall–Kier alpha value is -1.49. The van der Waals surface area contributed by atoms with Gasteiger partial charge in [-0.3, -0.25) is 4.98 Å². The van der Waals surface area contributed by atoms with Crippen LogP contribution in [0.5, 0.6) is 0 Å². The number of nitrogens with one attached hydrogen (secondary N) is 1. The molecule has 2 rings (SSSR count). The number of nitrogens with zero attached hydrogens (tertiary/aromatic N) is 2. The highest BCUT2D eigenvalue weighted by Gasteiger charge is 2.07. The summed E-state index contributed by atoms with van der Waals surface area (Å²) < 4.78 is 0. The number of pyridine rings is 1. The molecule has 0 amide bonds. The van der Waals surface area contributed by atoms with Gasteiger partial charge in [-0.15, -0.1) is 0 Å². The maximum atomic E-state index is 10.6. The summed E-state index contributed by atoms with van der Waals surface area (Å²) in [6, 6.07) is 3.69. The first-order valence-corrected chi connectivity index (χ1v) is 5.69. The summed E-state index contributed by atoms with van der Waals surface area (Å²) in [5.41, 5.74) is 2.59. The van der Waals surface area contributed by atoms with Crippen LogP contribution in [0.3, 0.4) is 0 Å². The van der Waals surface area contributed by atoms with Crippen molar-refractivity contribution in [3.8, 4) is 11.5 Å². The summed E-state index contributed by atoms with van der Waals surface area (Å²) in [7, 11) is 0. The number of carbonyl (C=O) groups is 1. The number of alkyl halides is 1. The van der Waals surface area contributed by atoms with Gasteiger partial charge >= 0.3 is 0 Å². The monoisotopic (exact) mass is 279 g/mol. The Kier molecular flexibility index (Phi) is 3.14. The fourth-order valence-electron chi connectivity index (χ4n) is 1.33. The number of aldehydes is 1. The molecule has 5 heteroatoms. The van der Waals surface area contributed by atoms with E-state index in [2.05, 4.69) is 30.9 Å². The van der Waals surface area contributed by atoms with E-state index in [1.807, 2.05) is 19.1 Å². The maximum Gasteiger partial charge on any atom is 0.156 e. The molecule has 0 fully saturated rings. The first-order valence-electron chi connectivity index (χ1n) is 4.78. The van der Waals surface area contributed by atoms with Crippen LogP contribution in [0, 0.1) is 6.92 Å². The highest BCUT2D eigenvalue weighted by molar-refractivity contribution is 9.09. The van der Waals surface area contributed by atoms with Crippen molar-refractivity contribution in [1.82, 2.24) is 15.0 Å². The van der Waals surface area contributed by atoms with Gasteiger partial charge in [0.1, 0.15) is 12.0 Å². The van der Waals surface area contributed by atoms with Gasteiger partial charge < -0.3 is 9.78 Å². The molecule has 0 aliphatic heterocycles. The van der Waals surface area contributed by atoms with E-state index in [9.17, 15) is 4.79 Å². The fraction of sp³-hybridized carbons (Fsp3) is 0.182. The summed E-state index contributed by atoms with van der Waals surface area (Å²) in [6.45, 7) is 1.94. The molecule has 0 saturated carbocycles. The standard InChI is InChI=1S/C11H10BrN3O/c1-7-4-14-11(15-7)10-3-2-8(5-13-10)9(12)6-16/h2-6,9H,1H3,(H,14,15). The zero-order chi connectivity index (χ0) is 11.5. The maximum absolute atomic E-state index is 10.6. The van der Waals surface area contributed by atoms with Crippen LogP contribution >= 0.6 is 15.9 Å². The number of aromatic amines is 1. The predicted octanol–water partition coefficient (Wildman–Crippen LogP) is 2.42. The first kappa shape index (κ1) is 11.0. The van der Waals surface area contributed by atoms with E-state index >= 15 is 0 Å². The quantitative estimate of drug-likeness (QED) is 0.693. The third-order valence-corrected chi connectivity index (χ3v) is 2.91. The average Bonchev–Trinajstić information content (AvgIpc) is 2.75. The van der Waals surface area contributed by atoms with E-state index in [0.717, 1.165) is 29.1 Å². The topological polar surface area (TPSA) is 58.6 Å². The van der Waals surface area contributed by atoms with Crippen molar-refractivity contribution in [2.24, 2.45) is 0 Å². The van der Waals surface area contributed by atoms with Crippen molar-refractivity contribution >= 4 is 22.2 Å². The van der Waals surface area contributed by atoms with Crippen molar-refractivity contribution < 1.29 is 4.79 Å². The molecule has 2 aromatic heterocycles. The molecule has 1 atom stereocenters. The molecular formula is C11H10BrN3O. The number of hydrogen-bond donors (Lipinski definition) is 1. The molecule has 2 aromatic rings. The Labute approximate surface area is 101 Å². The molecule has 0 bridgehead atoms. The number of aryl methyl sites for hydroxylation is 1. The summed E-state index contributed by atoms with van der Waals surface area (Å²) >= 11 is 3.24. The minimum absolute atomic E-state index is 0.299. The molecule has 0 radical (unpaired) electrons. The second-order valence-electron chi connectivity index (χ2n) is 3.43. The molecule has 0 aliphatic carbocycles. The minimum atomic E-state index is -0.299. The lowest BCUT2D eigenvalue weighted by atomic mass is 10.2. The molecule has 0 spiro atoms. The summed E-state index contributed by atoms with van der Waals surface area (Å²) in [5.74, 6) is 0.737. The Morgan fingerprint density at radius 1 is 1.38 bits per heavy atom. The number of halogens is 1. The number of imidazole rings is 1. The second kappa shape index (κ2) is 4.57. The van der Waals surface area contributed by atoms with Crippen molar-refractivity contribution in [3.05, 3.63) is 35.8 Å². The lowest BCUT2D eigenvalue weighted by Gasteiger charge is -2.02. The molecule has 1 N–H and O–H groups in total. The normalized spacial score (nSPS) is 12.4. The van der Waals surface area contributed by atoms with Gasteiger partial charge in [0.05, 0.1) is 4.83 Å². The van der Waals surface area contributed by atoms with E-state index in [1.165, 1.54) is 0 Å². The molecule has 0 aliphatic rings. The molecule has 0 saturated heterocycles. The Morgan fingerprint density at radius 2 is 2.19 bits per heavy atom. The SMILES string of the molecule is Cc1cnc(-c2ccc(C(Br)C=O)cn2)[nH]1. The molecule has 2 heterocycles. The number of rotatable bonds is 3. The van der Waals surface area contributed by atoms with E-state index in [-0.39, 0.29) is 4.83 Å². The zero-order valence-corrected chi connectivity index (χ0v) is 10.2. The number of hydrogen-bond acceptors (Lipinski definition) is 3. The third kappa shape index (κ3) is 2.19. The third-order valence-electron chi connectivity index (χ3n) is 2.17. The van der Waals surface area contributed by atoms with E-state index in [0.29, 0.717) is 0 Å². The molecule has 82 valence electrons. The molecular weight excluding hydrogens is 270 g/mol. The van der Waals surface area contributed by atoms with Crippen molar-refractivity contribution in [2.75, 3.05) is 0 Å². The second-order valence-corrected chi connectivity index (χ2v) is 4.42. The molecule has 1 unspecified atom stereocenters. The van der Waals surface area contributed by atoms with Gasteiger partial charge in [0, 0.05) is 18.1 Å². The van der Waals surface area contributed by atoms with Gasteiger partial charge in [-0.25, -0.2) is 4.98 Å². The van der Waals surface area contributed by atoms with Crippen LogP contribution in [0.4, 0.5) is 0 Å². The molecule has 16 heavy (non-hydrogen) atoms. The van der Waals surface area contributed by atoms with Crippen molar-refractivity contribution in [2.45, 2.75) is 11.8 Å². The predicted molar refractivity (Wildman–Crippen MR) is 64.3 cm³/mol. The first-order chi connectivity index (χ1) is 7.70. The van der Waals surface area contributed by atoms with Crippen LogP contribution in [-0.4, -0.2) is 21.2 Å². The van der Waals surface area contributed by atoms with Crippen LogP contribution in [0.2, 0.25) is 0 Å². The van der Waals surface area contributed by atoms with Gasteiger partial charge in [-0.1, -0.05) is 22.0 Å². The van der Waals surface area contributed by atoms with Gasteiger partial charge in [0.2, 0.25) is 0 Å². The fourth-order valence-corrected chi connectivity index (χ4v) is 1.60. The number of carbonyl (C=O) groups excluding carboxylic acids is 1. The largest absolute Gasteiger partial charge is 0.341 e. The summed E-state index contributed by atoms with van der Waals surface area (Å²) in [5, 5.41) is 0. The van der Waals surface area contributed by atoms with Gasteiger partial charge in [0.15, 0.2) is 5.82 Å². The smallest absolute Gasteiger partial charge is 0.156 e. The Bertz CT molecular complexity index is 492. The highest BCUT2D eigenvalue weighted by atomic mass is 79.9. The van der Waals surface area contributed by atoms with E-state index in [4.69, 9.17) is 0 Å². The lowest BCUT2D eigenvalue weighted by molar-refractivity contribution is -0.107. The Morgan fingerprint density at radius 3 is 2.69 bits per heavy atom. The minimum Gasteiger partial charge on any atom is -0.341 e. The molecule has 4 nitrogen and oxygen atoms in total. The number of aromatic nitrogens is 3. The average molecular weight is 280 g/mol. The van der Waals surface area contributed by atoms with Crippen LogP contribution in [-0.2, 0) is 4.79 Å². The van der Waals surface area contributed by atoms with Crippen LogP contribution < -0.4 is 0 Å². The van der Waals surface area contributed by atoms with Crippen LogP contribution in [0.1, 0.15) is 16.1 Å². The Balaban J connectivity index is 2.29. The lowest BCUT2D eigenvalue weighted by Crippen LogP contribution is -1.93. The van der Waals surface area contributed by atoms with Crippen molar-refractivity contribution in [3.63, 3.8) is 0 Å². The van der Waals surface area contributed by atoms with E-state index in [1.54, 1.807) is 12.4 Å². The zero-order valence-electron chi connectivity index (χ0n) is 8.64. The number of H-pyrrole nitrogens is 1. The summed E-state index contributed by atoms with van der Waals surface area (Å²) in [6.07, 6.45) is 4.25. The molecule has 0 aromatic carbocycles. The van der Waals surface area contributed by atoms with Gasteiger partial charge in [-0.2, -0.15) is 0 Å². The van der Waals surface area contributed by atoms with Gasteiger partial charge in [0.25, 0.3) is 0 Å². The van der Waals surface area contributed by atoms with E-state index < -0.39 is 0 Å².